The molecule has 122 valence electrons. The van der Waals surface area contributed by atoms with Gasteiger partial charge >= 0.3 is 5.97 Å². The molecule has 1 N–H and O–H groups in total. The van der Waals surface area contributed by atoms with Crippen LogP contribution in [0, 0.1) is 0 Å². The molecule has 0 spiro atoms. The summed E-state index contributed by atoms with van der Waals surface area (Å²) < 4.78 is 4.69. The topological polar surface area (TPSA) is 58.6 Å². The fourth-order valence-corrected chi connectivity index (χ4v) is 3.12. The Hall–Kier alpha value is -2.73. The van der Waals surface area contributed by atoms with Gasteiger partial charge in [-0.3, -0.25) is 4.79 Å². The highest BCUT2D eigenvalue weighted by atomic mass is 32.1. The number of amides is 1. The summed E-state index contributed by atoms with van der Waals surface area (Å²) in [6.45, 7) is 0. The summed E-state index contributed by atoms with van der Waals surface area (Å²) >= 11 is 5.44. The molecule has 2 aromatic carbocycles. The first-order valence-corrected chi connectivity index (χ1v) is 7.79. The number of nitrogens with one attached hydrogen (secondary N) is 1. The number of anilines is 2. The molecule has 24 heavy (non-hydrogen) atoms. The van der Waals surface area contributed by atoms with Crippen molar-refractivity contribution in [1.82, 2.24) is 0 Å². The van der Waals surface area contributed by atoms with Crippen molar-refractivity contribution < 1.29 is 14.3 Å². The monoisotopic (exact) mass is 340 g/mol. The first kappa shape index (κ1) is 16.1. The Morgan fingerprint density at radius 2 is 1.92 bits per heavy atom. The second-order valence-corrected chi connectivity index (χ2v) is 5.87. The maximum absolute atomic E-state index is 12.7. The van der Waals surface area contributed by atoms with Crippen LogP contribution in [0.3, 0.4) is 0 Å². The Bertz CT molecular complexity index is 835. The third-order valence-electron chi connectivity index (χ3n) is 4.00. The molecule has 1 unspecified atom stereocenters. The number of hydrogen-bond acceptors (Lipinski definition) is 4. The molecular weight excluding hydrogens is 324 g/mol. The molecule has 1 aliphatic rings. The van der Waals surface area contributed by atoms with Crippen LogP contribution in [0.5, 0.6) is 0 Å². The maximum Gasteiger partial charge on any atom is 0.337 e. The summed E-state index contributed by atoms with van der Waals surface area (Å²) in [5, 5.41) is 2.83. The number of carbonyl (C=O) groups excluding carboxylic acids is 2. The van der Waals surface area contributed by atoms with Crippen molar-refractivity contribution in [3.63, 3.8) is 0 Å². The number of likely N-dealkylation sites (N-methyl/N-ethyl adjacent to an activating group) is 1. The van der Waals surface area contributed by atoms with Gasteiger partial charge in [0.15, 0.2) is 0 Å². The van der Waals surface area contributed by atoms with E-state index in [4.69, 9.17) is 17.0 Å². The Labute approximate surface area is 145 Å². The number of carbonyl (C=O) groups is 2. The van der Waals surface area contributed by atoms with Crippen molar-refractivity contribution in [3.8, 4) is 0 Å². The molecule has 0 radical (unpaired) electrons. The number of fused-ring (bicyclic) bond motifs is 1. The molecule has 2 aromatic rings. The van der Waals surface area contributed by atoms with E-state index >= 15 is 0 Å². The van der Waals surface area contributed by atoms with Crippen LogP contribution >= 0.6 is 12.2 Å². The largest absolute Gasteiger partial charge is 0.465 e. The van der Waals surface area contributed by atoms with Crippen LogP contribution in [0.2, 0.25) is 0 Å². The van der Waals surface area contributed by atoms with E-state index in [0.29, 0.717) is 16.2 Å². The van der Waals surface area contributed by atoms with Crippen molar-refractivity contribution in [2.45, 2.75) is 5.92 Å². The van der Waals surface area contributed by atoms with Crippen molar-refractivity contribution in [2.75, 3.05) is 24.4 Å². The van der Waals surface area contributed by atoms with Crippen LogP contribution in [0.1, 0.15) is 21.8 Å². The minimum absolute atomic E-state index is 0.223. The van der Waals surface area contributed by atoms with E-state index in [9.17, 15) is 9.59 Å². The van der Waals surface area contributed by atoms with Crippen molar-refractivity contribution in [3.05, 3.63) is 59.7 Å². The van der Waals surface area contributed by atoms with E-state index in [0.717, 1.165) is 11.3 Å². The molecule has 0 saturated heterocycles. The summed E-state index contributed by atoms with van der Waals surface area (Å²) in [4.78, 5) is 26.7. The predicted molar refractivity (Wildman–Crippen MR) is 96.6 cm³/mol. The van der Waals surface area contributed by atoms with Gasteiger partial charge in [0.2, 0.25) is 5.91 Å². The number of thiocarbonyl (C=S) groups is 1. The zero-order chi connectivity index (χ0) is 17.3. The smallest absolute Gasteiger partial charge is 0.337 e. The highest BCUT2D eigenvalue weighted by Crippen LogP contribution is 2.37. The maximum atomic E-state index is 12.7. The fourth-order valence-electron chi connectivity index (χ4n) is 2.79. The normalized spacial score (nSPS) is 15.8. The Balaban J connectivity index is 1.86. The molecule has 1 heterocycles. The lowest BCUT2D eigenvalue weighted by Crippen LogP contribution is -2.30. The fraction of sp³-hybridized carbons (Fsp3) is 0.167. The predicted octanol–water partition coefficient (Wildman–Crippen LogP) is 2.97. The van der Waals surface area contributed by atoms with Gasteiger partial charge in [0.25, 0.3) is 0 Å². The van der Waals surface area contributed by atoms with Gasteiger partial charge < -0.3 is 15.0 Å². The lowest BCUT2D eigenvalue weighted by molar-refractivity contribution is -0.116. The second kappa shape index (κ2) is 6.41. The molecule has 0 saturated carbocycles. The number of ether oxygens (including phenoxy) is 1. The third kappa shape index (κ3) is 2.76. The molecule has 3 rings (SSSR count). The summed E-state index contributed by atoms with van der Waals surface area (Å²) in [6.07, 6.45) is 0. The number of rotatable bonds is 3. The Morgan fingerprint density at radius 1 is 1.17 bits per heavy atom. The Morgan fingerprint density at radius 3 is 2.67 bits per heavy atom. The molecule has 1 aliphatic heterocycles. The van der Waals surface area contributed by atoms with E-state index in [1.54, 1.807) is 24.3 Å². The van der Waals surface area contributed by atoms with Crippen molar-refractivity contribution >= 4 is 40.5 Å². The first-order valence-electron chi connectivity index (χ1n) is 7.38. The molecule has 1 atom stereocenters. The van der Waals surface area contributed by atoms with Gasteiger partial charge in [-0.2, -0.15) is 0 Å². The molecule has 0 fully saturated rings. The molecule has 5 nitrogen and oxygen atoms in total. The molecule has 6 heteroatoms. The van der Waals surface area contributed by atoms with E-state index in [1.807, 2.05) is 36.2 Å². The zero-order valence-electron chi connectivity index (χ0n) is 13.3. The van der Waals surface area contributed by atoms with Crippen LogP contribution < -0.4 is 10.2 Å². The average Bonchev–Trinajstić information content (AvgIpc) is 2.86. The van der Waals surface area contributed by atoms with Crippen LogP contribution in [-0.4, -0.2) is 31.0 Å². The number of methoxy groups -OCH3 is 1. The molecule has 0 bridgehead atoms. The van der Waals surface area contributed by atoms with Crippen molar-refractivity contribution in [2.24, 2.45) is 0 Å². The van der Waals surface area contributed by atoms with Crippen LogP contribution in [-0.2, 0) is 9.53 Å². The number of nitrogens with zero attached hydrogens (tertiary/aromatic N) is 1. The van der Waals surface area contributed by atoms with E-state index < -0.39 is 11.9 Å². The second-order valence-electron chi connectivity index (χ2n) is 5.45. The minimum atomic E-state index is -0.525. The quantitative estimate of drug-likeness (QED) is 0.688. The van der Waals surface area contributed by atoms with Gasteiger partial charge in [0, 0.05) is 18.4 Å². The van der Waals surface area contributed by atoms with Gasteiger partial charge in [0.05, 0.1) is 17.7 Å². The average molecular weight is 340 g/mol. The van der Waals surface area contributed by atoms with Gasteiger partial charge in [0.1, 0.15) is 5.92 Å². The molecule has 1 amide bonds. The number of para-hydroxylation sites is 1. The summed E-state index contributed by atoms with van der Waals surface area (Å²) in [5.41, 5.74) is 2.72. The number of benzene rings is 2. The lowest BCUT2D eigenvalue weighted by atomic mass is 10.0. The number of hydrogen-bond donors (Lipinski definition) is 1. The summed E-state index contributed by atoms with van der Waals surface area (Å²) in [6, 6.07) is 14.3. The van der Waals surface area contributed by atoms with E-state index in [2.05, 4.69) is 5.32 Å². The van der Waals surface area contributed by atoms with Gasteiger partial charge in [-0.05, 0) is 29.8 Å². The molecular formula is C18H16N2O3S. The van der Waals surface area contributed by atoms with Gasteiger partial charge in [-0.1, -0.05) is 36.5 Å². The zero-order valence-corrected chi connectivity index (χ0v) is 14.1. The lowest BCUT2D eigenvalue weighted by Gasteiger charge is -2.15. The molecule has 0 aromatic heterocycles. The van der Waals surface area contributed by atoms with Crippen LogP contribution in [0.4, 0.5) is 11.4 Å². The molecule has 0 aliphatic carbocycles. The Kier molecular flexibility index (Phi) is 4.31. The van der Waals surface area contributed by atoms with Gasteiger partial charge in [-0.25, -0.2) is 4.79 Å². The van der Waals surface area contributed by atoms with Gasteiger partial charge in [-0.15, -0.1) is 0 Å². The highest BCUT2D eigenvalue weighted by Gasteiger charge is 2.36. The summed E-state index contributed by atoms with van der Waals surface area (Å²) in [7, 11) is 3.17. The standard InChI is InChI=1S/C18H16N2O3S/c1-20-14-9-4-3-8-13(14)15(17(20)24)16(21)19-12-7-5-6-11(10-12)18(22)23-2/h3-10,15H,1-2H3,(H,19,21). The van der Waals surface area contributed by atoms with E-state index in [1.165, 1.54) is 7.11 Å². The van der Waals surface area contributed by atoms with Crippen LogP contribution in [0.25, 0.3) is 0 Å². The summed E-state index contributed by atoms with van der Waals surface area (Å²) in [5.74, 6) is -1.20. The highest BCUT2D eigenvalue weighted by molar-refractivity contribution is 7.80. The van der Waals surface area contributed by atoms with Crippen molar-refractivity contribution in [1.29, 1.82) is 0 Å². The first-order chi connectivity index (χ1) is 11.5. The van der Waals surface area contributed by atoms with E-state index in [-0.39, 0.29) is 5.91 Å². The number of esters is 1. The van der Waals surface area contributed by atoms with Crippen LogP contribution in [0.15, 0.2) is 48.5 Å². The third-order valence-corrected chi connectivity index (χ3v) is 4.51. The SMILES string of the molecule is COC(=O)c1cccc(NC(=O)C2C(=S)N(C)c3ccccc32)c1. The minimum Gasteiger partial charge on any atom is -0.465 e.